The Bertz CT molecular complexity index is 600. The average Bonchev–Trinajstić information content (AvgIpc) is 3.01. The lowest BCUT2D eigenvalue weighted by Crippen LogP contribution is -2.53. The minimum Gasteiger partial charge on any atom is -0.444 e. The first-order valence-electron chi connectivity index (χ1n) is 8.74. The fraction of sp³-hybridized carbons (Fsp3) is 0.706. The zero-order valence-corrected chi connectivity index (χ0v) is 16.4. The summed E-state index contributed by atoms with van der Waals surface area (Å²) in [6.07, 6.45) is 1.51. The largest absolute Gasteiger partial charge is 0.444 e. The van der Waals surface area contributed by atoms with E-state index in [4.69, 9.17) is 10.5 Å². The van der Waals surface area contributed by atoms with Gasteiger partial charge in [-0.25, -0.2) is 9.78 Å². The molecule has 1 amide bonds. The first-order chi connectivity index (χ1) is 11.8. The molecule has 0 unspecified atom stereocenters. The van der Waals surface area contributed by atoms with E-state index in [9.17, 15) is 4.79 Å². The van der Waals surface area contributed by atoms with Crippen LogP contribution >= 0.6 is 11.3 Å². The highest BCUT2D eigenvalue weighted by atomic mass is 32.1. The van der Waals surface area contributed by atoms with E-state index in [1.807, 2.05) is 25.7 Å². The molecule has 0 aliphatic carbocycles. The normalized spacial score (nSPS) is 16.2. The van der Waals surface area contributed by atoms with Gasteiger partial charge < -0.3 is 20.3 Å². The van der Waals surface area contributed by atoms with Crippen LogP contribution in [0.5, 0.6) is 0 Å². The van der Waals surface area contributed by atoms with Crippen LogP contribution in [0.15, 0.2) is 10.4 Å². The zero-order valence-electron chi connectivity index (χ0n) is 15.6. The van der Waals surface area contributed by atoms with Gasteiger partial charge in [0.05, 0.1) is 10.7 Å². The lowest BCUT2D eigenvalue weighted by molar-refractivity contribution is 0.0186. The minimum absolute atomic E-state index is 0.266. The van der Waals surface area contributed by atoms with Gasteiger partial charge in [0.2, 0.25) is 0 Å². The first-order valence-corrected chi connectivity index (χ1v) is 9.62. The molecule has 1 saturated heterocycles. The number of aliphatic imine (C=N–C) groups is 1. The van der Waals surface area contributed by atoms with Crippen LogP contribution in [-0.2, 0) is 17.6 Å². The van der Waals surface area contributed by atoms with Crippen LogP contribution in [0.2, 0.25) is 0 Å². The van der Waals surface area contributed by atoms with Crippen LogP contribution in [0.1, 0.15) is 38.4 Å². The van der Waals surface area contributed by atoms with Gasteiger partial charge in [0.15, 0.2) is 5.96 Å². The molecule has 2 N–H and O–H groups in total. The van der Waals surface area contributed by atoms with Crippen LogP contribution in [0.25, 0.3) is 0 Å². The molecule has 0 saturated carbocycles. The van der Waals surface area contributed by atoms with Crippen molar-refractivity contribution >= 4 is 23.4 Å². The summed E-state index contributed by atoms with van der Waals surface area (Å²) in [6, 6.07) is 0. The van der Waals surface area contributed by atoms with Gasteiger partial charge in [0.1, 0.15) is 5.60 Å². The van der Waals surface area contributed by atoms with Crippen LogP contribution in [0.3, 0.4) is 0 Å². The molecule has 1 fully saturated rings. The zero-order chi connectivity index (χ0) is 18.4. The number of hydrogen-bond acceptors (Lipinski definition) is 5. The summed E-state index contributed by atoms with van der Waals surface area (Å²) in [5.41, 5.74) is 6.70. The summed E-state index contributed by atoms with van der Waals surface area (Å²) >= 11 is 1.69. The molecule has 1 aliphatic heterocycles. The van der Waals surface area contributed by atoms with E-state index in [1.54, 1.807) is 16.2 Å². The fourth-order valence-corrected chi connectivity index (χ4v) is 3.23. The van der Waals surface area contributed by atoms with Gasteiger partial charge in [-0.05, 0) is 27.2 Å². The van der Waals surface area contributed by atoms with Gasteiger partial charge >= 0.3 is 6.09 Å². The number of nitrogens with two attached hydrogens (primary N) is 1. The molecule has 2 heterocycles. The third-order valence-electron chi connectivity index (χ3n) is 3.80. The van der Waals surface area contributed by atoms with Gasteiger partial charge in [-0.1, -0.05) is 6.92 Å². The SMILES string of the molecule is CCc1nc(CCN=C(N)N2CCN(C(=O)OC(C)(C)C)CC2)cs1. The van der Waals surface area contributed by atoms with E-state index in [0.717, 1.165) is 23.5 Å². The Kier molecular flexibility index (Phi) is 6.64. The third-order valence-corrected chi connectivity index (χ3v) is 4.84. The van der Waals surface area contributed by atoms with Crippen molar-refractivity contribution in [3.05, 3.63) is 16.1 Å². The number of thiazole rings is 1. The van der Waals surface area contributed by atoms with Gasteiger partial charge in [0.25, 0.3) is 0 Å². The van der Waals surface area contributed by atoms with Crippen molar-refractivity contribution in [2.75, 3.05) is 32.7 Å². The topological polar surface area (TPSA) is 84.0 Å². The Hall–Kier alpha value is -1.83. The molecule has 0 atom stereocenters. The first kappa shape index (κ1) is 19.5. The second kappa shape index (κ2) is 8.51. The summed E-state index contributed by atoms with van der Waals surface area (Å²) in [7, 11) is 0. The van der Waals surface area contributed by atoms with Crippen LogP contribution < -0.4 is 5.73 Å². The van der Waals surface area contributed by atoms with Gasteiger partial charge in [-0.3, -0.25) is 4.99 Å². The number of aryl methyl sites for hydroxylation is 1. The summed E-state index contributed by atoms with van der Waals surface area (Å²) in [6.45, 7) is 10.9. The summed E-state index contributed by atoms with van der Waals surface area (Å²) < 4.78 is 5.40. The molecule has 0 spiro atoms. The number of guanidine groups is 1. The quantitative estimate of drug-likeness (QED) is 0.651. The van der Waals surface area contributed by atoms with Crippen molar-refractivity contribution in [1.82, 2.24) is 14.8 Å². The Balaban J connectivity index is 1.76. The molecule has 1 aliphatic rings. The predicted molar refractivity (Wildman–Crippen MR) is 101 cm³/mol. The number of hydrogen-bond donors (Lipinski definition) is 1. The van der Waals surface area contributed by atoms with Crippen molar-refractivity contribution in [2.45, 2.75) is 46.1 Å². The number of ether oxygens (including phenoxy) is 1. The number of carbonyl (C=O) groups excluding carboxylic acids is 1. The predicted octanol–water partition coefficient (Wildman–Crippen LogP) is 2.12. The van der Waals surface area contributed by atoms with Gasteiger partial charge in [0, 0.05) is 44.5 Å². The Labute approximate surface area is 153 Å². The van der Waals surface area contributed by atoms with Crippen molar-refractivity contribution in [1.29, 1.82) is 0 Å². The molecule has 7 nitrogen and oxygen atoms in total. The Morgan fingerprint density at radius 3 is 2.52 bits per heavy atom. The average molecular weight is 368 g/mol. The van der Waals surface area contributed by atoms with Crippen LogP contribution in [0, 0.1) is 0 Å². The van der Waals surface area contributed by atoms with E-state index in [0.29, 0.717) is 38.7 Å². The molecular formula is C17H29N5O2S. The van der Waals surface area contributed by atoms with Crippen LogP contribution in [-0.4, -0.2) is 65.2 Å². The molecule has 0 bridgehead atoms. The maximum atomic E-state index is 12.1. The van der Waals surface area contributed by atoms with Crippen molar-refractivity contribution < 1.29 is 9.53 Å². The standard InChI is InChI=1S/C17H29N5O2S/c1-5-14-20-13(12-25-14)6-7-19-15(18)21-8-10-22(11-9-21)16(23)24-17(2,3)4/h12H,5-11H2,1-4H3,(H2,18,19). The molecule has 140 valence electrons. The fourth-order valence-electron chi connectivity index (χ4n) is 2.46. The molecule has 0 radical (unpaired) electrons. The number of rotatable bonds is 4. The summed E-state index contributed by atoms with van der Waals surface area (Å²) in [5.74, 6) is 0.537. The maximum Gasteiger partial charge on any atom is 0.410 e. The molecule has 8 heteroatoms. The second-order valence-electron chi connectivity index (χ2n) is 7.03. The molecule has 2 rings (SSSR count). The smallest absolute Gasteiger partial charge is 0.410 e. The third kappa shape index (κ3) is 6.19. The lowest BCUT2D eigenvalue weighted by Gasteiger charge is -2.36. The lowest BCUT2D eigenvalue weighted by atomic mass is 10.2. The van der Waals surface area contributed by atoms with Crippen LogP contribution in [0.4, 0.5) is 4.79 Å². The minimum atomic E-state index is -0.470. The molecule has 0 aromatic carbocycles. The molecule has 25 heavy (non-hydrogen) atoms. The molecule has 1 aromatic heterocycles. The highest BCUT2D eigenvalue weighted by Gasteiger charge is 2.26. The van der Waals surface area contributed by atoms with Gasteiger partial charge in [-0.2, -0.15) is 0 Å². The maximum absolute atomic E-state index is 12.1. The van der Waals surface area contributed by atoms with Crippen molar-refractivity contribution in [3.63, 3.8) is 0 Å². The van der Waals surface area contributed by atoms with Crippen molar-refractivity contribution in [2.24, 2.45) is 10.7 Å². The van der Waals surface area contributed by atoms with E-state index >= 15 is 0 Å². The highest BCUT2D eigenvalue weighted by molar-refractivity contribution is 7.09. The molecular weight excluding hydrogens is 338 g/mol. The number of piperazine rings is 1. The summed E-state index contributed by atoms with van der Waals surface area (Å²) in [4.78, 5) is 24.8. The Morgan fingerprint density at radius 1 is 1.32 bits per heavy atom. The van der Waals surface area contributed by atoms with E-state index < -0.39 is 5.60 Å². The van der Waals surface area contributed by atoms with E-state index in [2.05, 4.69) is 22.3 Å². The number of aromatic nitrogens is 1. The van der Waals surface area contributed by atoms with E-state index in [-0.39, 0.29) is 6.09 Å². The Morgan fingerprint density at radius 2 is 1.96 bits per heavy atom. The monoisotopic (exact) mass is 367 g/mol. The number of nitrogens with zero attached hydrogens (tertiary/aromatic N) is 4. The van der Waals surface area contributed by atoms with Crippen molar-refractivity contribution in [3.8, 4) is 0 Å². The highest BCUT2D eigenvalue weighted by Crippen LogP contribution is 2.12. The second-order valence-corrected chi connectivity index (χ2v) is 7.97. The molecule has 1 aromatic rings. The van der Waals surface area contributed by atoms with E-state index in [1.165, 1.54) is 0 Å². The number of amides is 1. The summed E-state index contributed by atoms with van der Waals surface area (Å²) in [5, 5.41) is 3.25. The van der Waals surface area contributed by atoms with Gasteiger partial charge in [-0.15, -0.1) is 11.3 Å². The number of carbonyl (C=O) groups is 1.